The monoisotopic (exact) mass is 556 g/mol. The predicted molar refractivity (Wildman–Crippen MR) is 156 cm³/mol. The summed E-state index contributed by atoms with van der Waals surface area (Å²) in [4.78, 5) is 29.0. The average Bonchev–Trinajstić information content (AvgIpc) is 2.89. The first kappa shape index (κ1) is 29.1. The zero-order valence-electron chi connectivity index (χ0n) is 21.5. The van der Waals surface area contributed by atoms with E-state index < -0.39 is 6.04 Å². The molecule has 7 heteroatoms. The summed E-state index contributed by atoms with van der Waals surface area (Å²) >= 11 is 14.1. The number of rotatable bonds is 12. The highest BCUT2D eigenvalue weighted by Crippen LogP contribution is 2.28. The minimum atomic E-state index is -0.644. The highest BCUT2D eigenvalue weighted by Gasteiger charge is 2.31. The van der Waals surface area contributed by atoms with Crippen LogP contribution in [0.3, 0.4) is 0 Å². The smallest absolute Gasteiger partial charge is 0.243 e. The minimum absolute atomic E-state index is 0.0128. The third-order valence-electron chi connectivity index (χ3n) is 6.28. The maximum Gasteiger partial charge on any atom is 0.243 e. The molecule has 2 amide bonds. The lowest BCUT2D eigenvalue weighted by Gasteiger charge is -2.32. The van der Waals surface area contributed by atoms with Crippen molar-refractivity contribution in [2.24, 2.45) is 0 Å². The molecule has 37 heavy (non-hydrogen) atoms. The Morgan fingerprint density at radius 1 is 0.919 bits per heavy atom. The lowest BCUT2D eigenvalue weighted by molar-refractivity contribution is -0.139. The van der Waals surface area contributed by atoms with E-state index in [1.165, 1.54) is 11.8 Å². The van der Waals surface area contributed by atoms with Crippen LogP contribution in [0, 0.1) is 6.92 Å². The summed E-state index contributed by atoms with van der Waals surface area (Å²) in [7, 11) is 0. The van der Waals surface area contributed by atoms with Crippen molar-refractivity contribution < 1.29 is 9.59 Å². The van der Waals surface area contributed by atoms with Gasteiger partial charge in [-0.15, -0.1) is 11.8 Å². The number of thioether (sulfide) groups is 1. The first-order valence-electron chi connectivity index (χ1n) is 12.5. The molecule has 4 nitrogen and oxygen atoms in total. The molecule has 2 atom stereocenters. The molecule has 0 aliphatic rings. The van der Waals surface area contributed by atoms with Crippen molar-refractivity contribution in [3.05, 3.63) is 105 Å². The van der Waals surface area contributed by atoms with Gasteiger partial charge in [0.15, 0.2) is 0 Å². The van der Waals surface area contributed by atoms with Crippen LogP contribution in [0.15, 0.2) is 72.8 Å². The number of nitrogens with zero attached hydrogens (tertiary/aromatic N) is 1. The van der Waals surface area contributed by atoms with Gasteiger partial charge in [-0.3, -0.25) is 9.59 Å². The summed E-state index contributed by atoms with van der Waals surface area (Å²) in [5.74, 6) is 0.465. The molecule has 0 aromatic heterocycles. The first-order valence-corrected chi connectivity index (χ1v) is 14.4. The fraction of sp³-hybridized carbons (Fsp3) is 0.333. The van der Waals surface area contributed by atoms with Gasteiger partial charge in [-0.05, 0) is 49.1 Å². The zero-order chi connectivity index (χ0) is 26.8. The number of amides is 2. The second-order valence-corrected chi connectivity index (χ2v) is 11.0. The quantitative estimate of drug-likeness (QED) is 0.259. The number of carbonyl (C=O) groups excluding carboxylic acids is 2. The van der Waals surface area contributed by atoms with Gasteiger partial charge < -0.3 is 10.2 Å². The fourth-order valence-corrected chi connectivity index (χ4v) is 5.53. The predicted octanol–water partition coefficient (Wildman–Crippen LogP) is 7.09. The Hall–Kier alpha value is -2.47. The molecular weight excluding hydrogens is 523 g/mol. The number of aryl methyl sites for hydroxylation is 1. The topological polar surface area (TPSA) is 49.4 Å². The van der Waals surface area contributed by atoms with E-state index >= 15 is 0 Å². The van der Waals surface area contributed by atoms with Crippen molar-refractivity contribution in [2.75, 3.05) is 5.75 Å². The van der Waals surface area contributed by atoms with E-state index in [2.05, 4.69) is 5.32 Å². The van der Waals surface area contributed by atoms with E-state index in [9.17, 15) is 9.59 Å². The third kappa shape index (κ3) is 8.80. The van der Waals surface area contributed by atoms with Gasteiger partial charge in [0.05, 0.1) is 5.75 Å². The first-order chi connectivity index (χ1) is 17.8. The van der Waals surface area contributed by atoms with E-state index in [1.54, 1.807) is 23.1 Å². The molecule has 1 N–H and O–H groups in total. The normalized spacial score (nSPS) is 12.6. The molecule has 3 aromatic carbocycles. The molecule has 0 heterocycles. The maximum absolute atomic E-state index is 13.7. The molecule has 0 radical (unpaired) electrons. The Balaban J connectivity index is 1.87. The molecule has 0 fully saturated rings. The van der Waals surface area contributed by atoms with Crippen molar-refractivity contribution >= 4 is 46.8 Å². The molecule has 0 bridgehead atoms. The summed E-state index contributed by atoms with van der Waals surface area (Å²) in [6.45, 7) is 6.38. The van der Waals surface area contributed by atoms with Crippen LogP contribution in [-0.4, -0.2) is 34.6 Å². The molecule has 0 aliphatic heterocycles. The Kier molecular flexibility index (Phi) is 11.4. The second kappa shape index (κ2) is 14.5. The molecule has 3 aromatic rings. The van der Waals surface area contributed by atoms with Crippen molar-refractivity contribution in [1.29, 1.82) is 0 Å². The summed E-state index contributed by atoms with van der Waals surface area (Å²) in [6, 6.07) is 22.7. The molecule has 0 unspecified atom stereocenters. The van der Waals surface area contributed by atoms with Crippen LogP contribution >= 0.6 is 35.0 Å². The Labute approximate surface area is 234 Å². The Morgan fingerprint density at radius 2 is 1.57 bits per heavy atom. The zero-order valence-corrected chi connectivity index (χ0v) is 23.9. The number of nitrogens with one attached hydrogen (secondary N) is 1. The summed E-state index contributed by atoms with van der Waals surface area (Å²) in [6.07, 6.45) is 1.24. The Bertz CT molecular complexity index is 1150. The molecule has 0 saturated carbocycles. The van der Waals surface area contributed by atoms with E-state index in [4.69, 9.17) is 23.2 Å². The molecule has 0 aliphatic carbocycles. The molecule has 3 rings (SSSR count). The third-order valence-corrected chi connectivity index (χ3v) is 7.93. The number of carbonyl (C=O) groups is 2. The summed E-state index contributed by atoms with van der Waals surface area (Å²) in [5.41, 5.74) is 3.93. The van der Waals surface area contributed by atoms with Crippen molar-refractivity contribution in [1.82, 2.24) is 10.2 Å². The van der Waals surface area contributed by atoms with Crippen LogP contribution < -0.4 is 5.32 Å². The van der Waals surface area contributed by atoms with Gasteiger partial charge in [0.25, 0.3) is 0 Å². The number of hydrogen-bond acceptors (Lipinski definition) is 3. The van der Waals surface area contributed by atoms with Gasteiger partial charge in [-0.1, -0.05) is 96.4 Å². The summed E-state index contributed by atoms with van der Waals surface area (Å²) in [5, 5.41) is 4.27. The number of hydrogen-bond donors (Lipinski definition) is 1. The van der Waals surface area contributed by atoms with Crippen LogP contribution in [0.5, 0.6) is 0 Å². The molecule has 0 spiro atoms. The van der Waals surface area contributed by atoms with Crippen molar-refractivity contribution in [3.8, 4) is 0 Å². The average molecular weight is 558 g/mol. The van der Waals surface area contributed by atoms with Gasteiger partial charge in [0.1, 0.15) is 6.04 Å². The van der Waals surface area contributed by atoms with Gasteiger partial charge in [0, 0.05) is 34.8 Å². The van der Waals surface area contributed by atoms with Crippen molar-refractivity contribution in [2.45, 2.75) is 58.0 Å². The van der Waals surface area contributed by atoms with E-state index in [-0.39, 0.29) is 23.6 Å². The minimum Gasteiger partial charge on any atom is -0.352 e. The van der Waals surface area contributed by atoms with Crippen molar-refractivity contribution in [3.63, 3.8) is 0 Å². The maximum atomic E-state index is 13.7. The highest BCUT2D eigenvalue weighted by molar-refractivity contribution is 7.99. The second-order valence-electron chi connectivity index (χ2n) is 9.22. The van der Waals surface area contributed by atoms with E-state index in [1.807, 2.05) is 75.4 Å². The largest absolute Gasteiger partial charge is 0.352 e. The molecular formula is C30H34Cl2N2O2S. The Morgan fingerprint density at radius 3 is 2.19 bits per heavy atom. The van der Waals surface area contributed by atoms with Gasteiger partial charge >= 0.3 is 0 Å². The van der Waals surface area contributed by atoms with Crippen LogP contribution in [0.25, 0.3) is 0 Å². The van der Waals surface area contributed by atoms with Crippen LogP contribution in [-0.2, 0) is 28.3 Å². The number of benzene rings is 3. The van der Waals surface area contributed by atoms with E-state index in [0.717, 1.165) is 28.7 Å². The van der Waals surface area contributed by atoms with Gasteiger partial charge in [-0.2, -0.15) is 0 Å². The SMILES string of the molecule is CC[C@H](C)NC(=O)[C@H](Cc1ccccc1)N(Cc1ccc(C)cc1)C(=O)CSCc1c(Cl)cccc1Cl. The lowest BCUT2D eigenvalue weighted by Crippen LogP contribution is -2.52. The fourth-order valence-electron chi connectivity index (χ4n) is 3.88. The van der Waals surface area contributed by atoms with Crippen LogP contribution in [0.2, 0.25) is 10.0 Å². The van der Waals surface area contributed by atoms with Gasteiger partial charge in [-0.25, -0.2) is 0 Å². The van der Waals surface area contributed by atoms with E-state index in [0.29, 0.717) is 28.8 Å². The molecule has 196 valence electrons. The van der Waals surface area contributed by atoms with Crippen LogP contribution in [0.4, 0.5) is 0 Å². The standard InChI is InChI=1S/C30H34Cl2N2O2S/c1-4-22(3)33-30(36)28(17-23-9-6-5-7-10-23)34(18-24-15-13-21(2)14-16-24)29(35)20-37-19-25-26(31)11-8-12-27(25)32/h5-16,22,28H,4,17-20H2,1-3H3,(H,33,36)/t22-,28-/m0/s1. The van der Waals surface area contributed by atoms with Gasteiger partial charge in [0.2, 0.25) is 11.8 Å². The molecule has 0 saturated heterocycles. The summed E-state index contributed by atoms with van der Waals surface area (Å²) < 4.78 is 0. The highest BCUT2D eigenvalue weighted by atomic mass is 35.5. The lowest BCUT2D eigenvalue weighted by atomic mass is 10.0. The van der Waals surface area contributed by atoms with Crippen LogP contribution in [0.1, 0.15) is 42.5 Å². The number of halogens is 2.